The van der Waals surface area contributed by atoms with E-state index in [1.54, 1.807) is 18.3 Å². The van der Waals surface area contributed by atoms with Crippen LogP contribution in [0.2, 0.25) is 5.15 Å². The minimum Gasteiger partial charge on any atom is -0.352 e. The number of nitrogens with zero attached hydrogens (tertiary/aromatic N) is 1. The number of hydrogen-bond donors (Lipinski definition) is 1. The summed E-state index contributed by atoms with van der Waals surface area (Å²) in [5.74, 6) is 0.646. The minimum absolute atomic E-state index is 0.139. The van der Waals surface area contributed by atoms with E-state index < -0.39 is 0 Å². The summed E-state index contributed by atoms with van der Waals surface area (Å²) in [6, 6.07) is 3.40. The van der Waals surface area contributed by atoms with Crippen molar-refractivity contribution in [2.75, 3.05) is 6.54 Å². The zero-order chi connectivity index (χ0) is 14.1. The molecule has 0 aliphatic carbocycles. The third-order valence-corrected chi connectivity index (χ3v) is 3.30. The third-order valence-electron chi connectivity index (χ3n) is 3.00. The molecule has 0 bridgehead atoms. The quantitative estimate of drug-likeness (QED) is 0.577. The van der Waals surface area contributed by atoms with Crippen LogP contribution in [-0.2, 0) is 0 Å². The average Bonchev–Trinajstić information content (AvgIpc) is 2.37. The van der Waals surface area contributed by atoms with Crippen LogP contribution < -0.4 is 5.32 Å². The molecule has 0 aromatic carbocycles. The highest BCUT2D eigenvalue weighted by Gasteiger charge is 2.09. The lowest BCUT2D eigenvalue weighted by molar-refractivity contribution is 0.0952. The number of unbranched alkanes of at least 4 members (excludes halogenated alkanes) is 3. The summed E-state index contributed by atoms with van der Waals surface area (Å²) in [5, 5.41) is 3.14. The molecule has 0 radical (unpaired) electrons. The molecular formula is C15H23ClN2O. The van der Waals surface area contributed by atoms with Crippen LogP contribution >= 0.6 is 11.6 Å². The second kappa shape index (κ2) is 8.92. The van der Waals surface area contributed by atoms with Crippen LogP contribution in [0.3, 0.4) is 0 Å². The molecule has 0 aliphatic rings. The molecule has 0 saturated carbocycles. The van der Waals surface area contributed by atoms with Gasteiger partial charge in [-0.1, -0.05) is 51.1 Å². The number of amides is 1. The molecule has 0 atom stereocenters. The number of aromatic nitrogens is 1. The van der Waals surface area contributed by atoms with E-state index in [0.29, 0.717) is 12.1 Å². The highest BCUT2D eigenvalue weighted by molar-refractivity contribution is 6.32. The van der Waals surface area contributed by atoms with Gasteiger partial charge in [-0.05, 0) is 24.5 Å². The predicted molar refractivity (Wildman–Crippen MR) is 79.5 cm³/mol. The van der Waals surface area contributed by atoms with Gasteiger partial charge in [-0.15, -0.1) is 0 Å². The number of halogens is 1. The number of carbonyl (C=O) groups is 1. The van der Waals surface area contributed by atoms with E-state index in [-0.39, 0.29) is 11.1 Å². The van der Waals surface area contributed by atoms with Gasteiger partial charge in [0.2, 0.25) is 0 Å². The molecule has 0 fully saturated rings. The van der Waals surface area contributed by atoms with Crippen molar-refractivity contribution in [1.29, 1.82) is 0 Å². The summed E-state index contributed by atoms with van der Waals surface area (Å²) in [5.41, 5.74) is 0.448. The number of nitrogens with one attached hydrogen (secondary N) is 1. The normalized spacial score (nSPS) is 10.7. The van der Waals surface area contributed by atoms with E-state index in [2.05, 4.69) is 24.1 Å². The standard InChI is InChI=1S/C15H23ClN2O/c1-12(2)8-5-3-4-6-10-18-15(19)13-9-7-11-17-14(13)16/h7,9,11-12H,3-6,8,10H2,1-2H3,(H,18,19). The Balaban J connectivity index is 2.13. The first kappa shape index (κ1) is 16.0. The lowest BCUT2D eigenvalue weighted by Gasteiger charge is -2.07. The van der Waals surface area contributed by atoms with Crippen LogP contribution in [0.1, 0.15) is 56.3 Å². The van der Waals surface area contributed by atoms with E-state index in [1.165, 1.54) is 19.3 Å². The van der Waals surface area contributed by atoms with Crippen LogP contribution in [0, 0.1) is 5.92 Å². The van der Waals surface area contributed by atoms with Gasteiger partial charge in [0, 0.05) is 12.7 Å². The van der Waals surface area contributed by atoms with Crippen LogP contribution in [0.4, 0.5) is 0 Å². The molecule has 0 saturated heterocycles. The lowest BCUT2D eigenvalue weighted by atomic mass is 10.0. The molecular weight excluding hydrogens is 260 g/mol. The molecule has 1 aromatic heterocycles. The van der Waals surface area contributed by atoms with Gasteiger partial charge in [0.15, 0.2) is 0 Å². The molecule has 1 rings (SSSR count). The van der Waals surface area contributed by atoms with Crippen molar-refractivity contribution in [2.24, 2.45) is 5.92 Å². The highest BCUT2D eigenvalue weighted by Crippen LogP contribution is 2.11. The Hall–Kier alpha value is -1.09. The molecule has 106 valence electrons. The fraction of sp³-hybridized carbons (Fsp3) is 0.600. The van der Waals surface area contributed by atoms with Crippen LogP contribution in [0.25, 0.3) is 0 Å². The van der Waals surface area contributed by atoms with Crippen molar-refractivity contribution in [3.05, 3.63) is 29.0 Å². The Morgan fingerprint density at radius 1 is 1.32 bits per heavy atom. The number of rotatable bonds is 8. The molecule has 4 heteroatoms. The first-order valence-corrected chi connectivity index (χ1v) is 7.37. The molecule has 0 spiro atoms. The van der Waals surface area contributed by atoms with Gasteiger partial charge in [0.1, 0.15) is 5.15 Å². The molecule has 1 amide bonds. The maximum Gasteiger partial charge on any atom is 0.254 e. The lowest BCUT2D eigenvalue weighted by Crippen LogP contribution is -2.24. The van der Waals surface area contributed by atoms with Gasteiger partial charge in [-0.25, -0.2) is 4.98 Å². The Bertz CT molecular complexity index is 393. The van der Waals surface area contributed by atoms with Crippen LogP contribution in [0.5, 0.6) is 0 Å². The van der Waals surface area contributed by atoms with E-state index in [9.17, 15) is 4.79 Å². The molecule has 1 heterocycles. The number of carbonyl (C=O) groups excluding carboxylic acids is 1. The van der Waals surface area contributed by atoms with E-state index in [0.717, 1.165) is 18.8 Å². The first-order chi connectivity index (χ1) is 9.11. The largest absolute Gasteiger partial charge is 0.352 e. The van der Waals surface area contributed by atoms with Crippen molar-refractivity contribution in [3.8, 4) is 0 Å². The Morgan fingerprint density at radius 2 is 2.05 bits per heavy atom. The zero-order valence-electron chi connectivity index (χ0n) is 11.8. The van der Waals surface area contributed by atoms with Gasteiger partial charge < -0.3 is 5.32 Å². The van der Waals surface area contributed by atoms with Crippen molar-refractivity contribution in [1.82, 2.24) is 10.3 Å². The molecule has 0 unspecified atom stereocenters. The molecule has 3 nitrogen and oxygen atoms in total. The van der Waals surface area contributed by atoms with Gasteiger partial charge in [-0.3, -0.25) is 4.79 Å². The Morgan fingerprint density at radius 3 is 2.74 bits per heavy atom. The Labute approximate surface area is 120 Å². The summed E-state index contributed by atoms with van der Waals surface area (Å²) in [6.45, 7) is 5.20. The SMILES string of the molecule is CC(C)CCCCCCNC(=O)c1cccnc1Cl. The van der Waals surface area contributed by atoms with Crippen molar-refractivity contribution >= 4 is 17.5 Å². The fourth-order valence-corrected chi connectivity index (χ4v) is 2.09. The summed E-state index contributed by atoms with van der Waals surface area (Å²) in [4.78, 5) is 15.7. The van der Waals surface area contributed by atoms with Crippen molar-refractivity contribution in [3.63, 3.8) is 0 Å². The van der Waals surface area contributed by atoms with Crippen molar-refractivity contribution in [2.45, 2.75) is 46.0 Å². The van der Waals surface area contributed by atoms with E-state index in [4.69, 9.17) is 11.6 Å². The van der Waals surface area contributed by atoms with Gasteiger partial charge in [0.25, 0.3) is 5.91 Å². The van der Waals surface area contributed by atoms with Gasteiger partial charge in [-0.2, -0.15) is 0 Å². The van der Waals surface area contributed by atoms with Crippen LogP contribution in [-0.4, -0.2) is 17.4 Å². The maximum absolute atomic E-state index is 11.8. The van der Waals surface area contributed by atoms with Gasteiger partial charge >= 0.3 is 0 Å². The maximum atomic E-state index is 11.8. The molecule has 19 heavy (non-hydrogen) atoms. The molecule has 1 aromatic rings. The summed E-state index contributed by atoms with van der Waals surface area (Å²) >= 11 is 5.86. The first-order valence-electron chi connectivity index (χ1n) is 7.00. The molecule has 1 N–H and O–H groups in total. The van der Waals surface area contributed by atoms with Crippen LogP contribution in [0.15, 0.2) is 18.3 Å². The number of pyridine rings is 1. The zero-order valence-corrected chi connectivity index (χ0v) is 12.5. The molecule has 0 aliphatic heterocycles. The highest BCUT2D eigenvalue weighted by atomic mass is 35.5. The van der Waals surface area contributed by atoms with Gasteiger partial charge in [0.05, 0.1) is 5.56 Å². The number of hydrogen-bond acceptors (Lipinski definition) is 2. The average molecular weight is 283 g/mol. The van der Waals surface area contributed by atoms with Crippen molar-refractivity contribution < 1.29 is 4.79 Å². The second-order valence-electron chi connectivity index (χ2n) is 5.19. The van der Waals surface area contributed by atoms with E-state index >= 15 is 0 Å². The Kier molecular flexibility index (Phi) is 7.49. The van der Waals surface area contributed by atoms with E-state index in [1.807, 2.05) is 0 Å². The smallest absolute Gasteiger partial charge is 0.254 e. The minimum atomic E-state index is -0.139. The summed E-state index contributed by atoms with van der Waals surface area (Å²) in [7, 11) is 0. The second-order valence-corrected chi connectivity index (χ2v) is 5.55. The summed E-state index contributed by atoms with van der Waals surface area (Å²) < 4.78 is 0. The predicted octanol–water partition coefficient (Wildman–Crippen LogP) is 4.07. The monoisotopic (exact) mass is 282 g/mol. The fourth-order valence-electron chi connectivity index (χ4n) is 1.88. The summed E-state index contributed by atoms with van der Waals surface area (Å²) in [6.07, 6.45) is 7.56. The topological polar surface area (TPSA) is 42.0 Å². The third kappa shape index (κ3) is 6.58.